The quantitative estimate of drug-likeness (QED) is 0.633. The van der Waals surface area contributed by atoms with Crippen molar-refractivity contribution in [3.63, 3.8) is 0 Å². The fraction of sp³-hybridized carbons (Fsp3) is 0.353. The number of hydrogen-bond donors (Lipinski definition) is 0. The van der Waals surface area contributed by atoms with Crippen molar-refractivity contribution < 1.29 is 13.5 Å². The fourth-order valence-corrected chi connectivity index (χ4v) is 3.37. The highest BCUT2D eigenvalue weighted by Gasteiger charge is 2.24. The van der Waals surface area contributed by atoms with Crippen LogP contribution in [0.1, 0.15) is 25.1 Å². The highest BCUT2D eigenvalue weighted by molar-refractivity contribution is 6.42. The Labute approximate surface area is 163 Å². The minimum atomic E-state index is -2.74. The minimum absolute atomic E-state index is 0.0797. The molecule has 0 radical (unpaired) electrons. The normalized spacial score (nSPS) is 17.7. The Kier molecular flexibility index (Phi) is 5.01. The van der Waals surface area contributed by atoms with E-state index >= 15 is 0 Å². The number of fused-ring (bicyclic) bond motifs is 1. The molecule has 0 amide bonds. The topological polar surface area (TPSA) is 55.5 Å². The first kappa shape index (κ1) is 18.2. The van der Waals surface area contributed by atoms with Crippen molar-refractivity contribution in [3.8, 4) is 5.75 Å². The molecule has 6 nitrogen and oxygen atoms in total. The van der Waals surface area contributed by atoms with Crippen LogP contribution in [0, 0.1) is 0 Å². The molecule has 1 atom stereocenters. The average Bonchev–Trinajstić information content (AvgIpc) is 3.08. The van der Waals surface area contributed by atoms with E-state index in [0.717, 1.165) is 23.9 Å². The Hall–Kier alpha value is -2.19. The van der Waals surface area contributed by atoms with Crippen molar-refractivity contribution in [1.29, 1.82) is 0 Å². The SMILES string of the molecule is FC(F)c1nnc2ccc(N3CCCC(Oc4ccc(Cl)c(Cl)c4)C3)nn12. The van der Waals surface area contributed by atoms with Gasteiger partial charge in [-0.1, -0.05) is 23.2 Å². The monoisotopic (exact) mass is 413 g/mol. The molecule has 27 heavy (non-hydrogen) atoms. The molecular weight excluding hydrogens is 399 g/mol. The molecule has 0 N–H and O–H groups in total. The summed E-state index contributed by atoms with van der Waals surface area (Å²) in [7, 11) is 0. The van der Waals surface area contributed by atoms with E-state index in [4.69, 9.17) is 27.9 Å². The van der Waals surface area contributed by atoms with E-state index in [0.29, 0.717) is 28.2 Å². The molecule has 3 heterocycles. The smallest absolute Gasteiger partial charge is 0.299 e. The van der Waals surface area contributed by atoms with E-state index < -0.39 is 12.2 Å². The van der Waals surface area contributed by atoms with Gasteiger partial charge in [0.15, 0.2) is 5.65 Å². The van der Waals surface area contributed by atoms with Gasteiger partial charge in [0.1, 0.15) is 17.7 Å². The van der Waals surface area contributed by atoms with Crippen molar-refractivity contribution in [3.05, 3.63) is 46.2 Å². The van der Waals surface area contributed by atoms with Crippen LogP contribution in [0.15, 0.2) is 30.3 Å². The number of nitrogens with zero attached hydrogens (tertiary/aromatic N) is 5. The maximum absolute atomic E-state index is 13.1. The standard InChI is InChI=1S/C17H15Cl2F2N5O/c18-12-4-3-10(8-13(12)19)27-11-2-1-7-25(9-11)15-6-5-14-22-23-17(16(20)21)26(14)24-15/h3-6,8,11,16H,1-2,7,9H2. The van der Waals surface area contributed by atoms with Gasteiger partial charge in [-0.05, 0) is 37.1 Å². The number of piperidine rings is 1. The van der Waals surface area contributed by atoms with Crippen LogP contribution < -0.4 is 9.64 Å². The van der Waals surface area contributed by atoms with Crippen LogP contribution in [0.3, 0.4) is 0 Å². The lowest BCUT2D eigenvalue weighted by atomic mass is 10.1. The highest BCUT2D eigenvalue weighted by atomic mass is 35.5. The van der Waals surface area contributed by atoms with Crippen LogP contribution in [0.5, 0.6) is 5.75 Å². The second-order valence-electron chi connectivity index (χ2n) is 6.22. The van der Waals surface area contributed by atoms with Gasteiger partial charge in [0, 0.05) is 12.6 Å². The average molecular weight is 414 g/mol. The van der Waals surface area contributed by atoms with Crippen LogP contribution in [0.2, 0.25) is 10.0 Å². The lowest BCUT2D eigenvalue weighted by Crippen LogP contribution is -2.41. The Morgan fingerprint density at radius 1 is 1.11 bits per heavy atom. The minimum Gasteiger partial charge on any atom is -0.489 e. The summed E-state index contributed by atoms with van der Waals surface area (Å²) in [6.45, 7) is 1.33. The summed E-state index contributed by atoms with van der Waals surface area (Å²) >= 11 is 12.0. The van der Waals surface area contributed by atoms with E-state index in [1.807, 2.05) is 4.90 Å². The predicted octanol–water partition coefficient (Wildman–Crippen LogP) is 4.42. The molecule has 0 saturated carbocycles. The van der Waals surface area contributed by atoms with E-state index in [1.54, 1.807) is 30.3 Å². The third-order valence-corrected chi connectivity index (χ3v) is 5.10. The fourth-order valence-electron chi connectivity index (χ4n) is 3.09. The lowest BCUT2D eigenvalue weighted by molar-refractivity contribution is 0.137. The number of anilines is 1. The molecule has 1 fully saturated rings. The van der Waals surface area contributed by atoms with E-state index in [2.05, 4.69) is 15.3 Å². The molecule has 3 aromatic rings. The van der Waals surface area contributed by atoms with Crippen LogP contribution in [-0.2, 0) is 0 Å². The largest absolute Gasteiger partial charge is 0.489 e. The summed E-state index contributed by atoms with van der Waals surface area (Å²) in [5.41, 5.74) is 0.287. The van der Waals surface area contributed by atoms with Crippen molar-refractivity contribution in [2.24, 2.45) is 0 Å². The van der Waals surface area contributed by atoms with Crippen molar-refractivity contribution in [2.75, 3.05) is 18.0 Å². The molecule has 1 unspecified atom stereocenters. The molecule has 1 aromatic carbocycles. The van der Waals surface area contributed by atoms with E-state index in [1.165, 1.54) is 0 Å². The number of benzene rings is 1. The summed E-state index contributed by atoms with van der Waals surface area (Å²) in [5.74, 6) is 0.748. The third-order valence-electron chi connectivity index (χ3n) is 4.36. The summed E-state index contributed by atoms with van der Waals surface area (Å²) < 4.78 is 33.2. The number of hydrogen-bond acceptors (Lipinski definition) is 5. The van der Waals surface area contributed by atoms with Crippen molar-refractivity contribution in [2.45, 2.75) is 25.4 Å². The van der Waals surface area contributed by atoms with Crippen LogP contribution >= 0.6 is 23.2 Å². The highest BCUT2D eigenvalue weighted by Crippen LogP contribution is 2.28. The van der Waals surface area contributed by atoms with Gasteiger partial charge in [-0.3, -0.25) is 0 Å². The molecule has 1 aliphatic rings. The third kappa shape index (κ3) is 3.77. The zero-order valence-electron chi connectivity index (χ0n) is 14.0. The molecule has 2 aromatic heterocycles. The van der Waals surface area contributed by atoms with Gasteiger partial charge in [-0.25, -0.2) is 8.78 Å². The van der Waals surface area contributed by atoms with Crippen molar-refractivity contribution in [1.82, 2.24) is 19.8 Å². The lowest BCUT2D eigenvalue weighted by Gasteiger charge is -2.33. The van der Waals surface area contributed by atoms with Crippen LogP contribution in [0.25, 0.3) is 5.65 Å². The maximum atomic E-state index is 13.1. The number of halogens is 4. The maximum Gasteiger partial charge on any atom is 0.299 e. The number of rotatable bonds is 4. The molecule has 1 aliphatic heterocycles. The van der Waals surface area contributed by atoms with Gasteiger partial charge in [0.25, 0.3) is 6.43 Å². The summed E-state index contributed by atoms with van der Waals surface area (Å²) in [4.78, 5) is 2.00. The Bertz CT molecular complexity index is 968. The number of aromatic nitrogens is 4. The van der Waals surface area contributed by atoms with Gasteiger partial charge in [-0.15, -0.1) is 15.3 Å². The summed E-state index contributed by atoms with van der Waals surface area (Å²) in [6.07, 6.45) is -1.07. The molecule has 10 heteroatoms. The molecule has 1 saturated heterocycles. The second kappa shape index (κ2) is 7.44. The first-order chi connectivity index (χ1) is 13.0. The zero-order chi connectivity index (χ0) is 19.0. The molecular formula is C17H15Cl2F2N5O. The number of ether oxygens (including phenoxy) is 1. The van der Waals surface area contributed by atoms with Crippen molar-refractivity contribution >= 4 is 34.7 Å². The molecule has 0 spiro atoms. The van der Waals surface area contributed by atoms with Gasteiger partial charge in [-0.2, -0.15) is 4.52 Å². The second-order valence-corrected chi connectivity index (χ2v) is 7.04. The Balaban J connectivity index is 1.53. The first-order valence-electron chi connectivity index (χ1n) is 8.38. The molecule has 0 aliphatic carbocycles. The summed E-state index contributed by atoms with van der Waals surface area (Å²) in [5, 5.41) is 12.4. The molecule has 4 rings (SSSR count). The zero-order valence-corrected chi connectivity index (χ0v) is 15.5. The molecule has 142 valence electrons. The summed E-state index contributed by atoms with van der Waals surface area (Å²) in [6, 6.07) is 8.52. The van der Waals surface area contributed by atoms with Gasteiger partial charge < -0.3 is 9.64 Å². The Morgan fingerprint density at radius 2 is 1.96 bits per heavy atom. The predicted molar refractivity (Wildman–Crippen MR) is 98.1 cm³/mol. The molecule has 0 bridgehead atoms. The number of alkyl halides is 2. The van der Waals surface area contributed by atoms with E-state index in [-0.39, 0.29) is 11.8 Å². The van der Waals surface area contributed by atoms with Crippen LogP contribution in [0.4, 0.5) is 14.6 Å². The first-order valence-corrected chi connectivity index (χ1v) is 9.14. The Morgan fingerprint density at radius 3 is 2.74 bits per heavy atom. The van der Waals surface area contributed by atoms with Crippen LogP contribution in [-0.4, -0.2) is 39.0 Å². The van der Waals surface area contributed by atoms with Gasteiger partial charge in [0.2, 0.25) is 5.82 Å². The van der Waals surface area contributed by atoms with E-state index in [9.17, 15) is 8.78 Å². The van der Waals surface area contributed by atoms with Gasteiger partial charge >= 0.3 is 0 Å². The van der Waals surface area contributed by atoms with Gasteiger partial charge in [0.05, 0.1) is 16.6 Å².